The third-order valence-electron chi connectivity index (χ3n) is 4.02. The molecule has 0 saturated carbocycles. The van der Waals surface area contributed by atoms with Crippen LogP contribution in [-0.2, 0) is 9.84 Å². The van der Waals surface area contributed by atoms with E-state index in [1.807, 2.05) is 0 Å². The van der Waals surface area contributed by atoms with Gasteiger partial charge in [0.2, 0.25) is 0 Å². The molecule has 1 aromatic heterocycles. The highest BCUT2D eigenvalue weighted by molar-refractivity contribution is 7.91. The number of sulfone groups is 1. The number of carbonyl (C=O) groups is 1. The molecule has 0 bridgehead atoms. The summed E-state index contributed by atoms with van der Waals surface area (Å²) in [5, 5.41) is 1.33. The fourth-order valence-corrected chi connectivity index (χ4v) is 4.33. The van der Waals surface area contributed by atoms with E-state index in [9.17, 15) is 22.0 Å². The molecule has 1 heterocycles. The van der Waals surface area contributed by atoms with Crippen LogP contribution in [0.5, 0.6) is 0 Å². The molecular formula is C19H14ClF2NO4S. The average Bonchev–Trinajstić information content (AvgIpc) is 3.16. The van der Waals surface area contributed by atoms with Crippen molar-refractivity contribution in [2.24, 2.45) is 0 Å². The first-order chi connectivity index (χ1) is 13.3. The monoisotopic (exact) mass is 425 g/mol. The van der Waals surface area contributed by atoms with E-state index in [0.29, 0.717) is 5.02 Å². The Morgan fingerprint density at radius 2 is 1.68 bits per heavy atom. The van der Waals surface area contributed by atoms with Gasteiger partial charge in [0.1, 0.15) is 28.2 Å². The van der Waals surface area contributed by atoms with Gasteiger partial charge in [-0.2, -0.15) is 0 Å². The van der Waals surface area contributed by atoms with E-state index >= 15 is 0 Å². The molecule has 0 spiro atoms. The maximum atomic E-state index is 13.8. The van der Waals surface area contributed by atoms with Crippen molar-refractivity contribution in [2.45, 2.75) is 10.1 Å². The molecule has 1 atom stereocenters. The van der Waals surface area contributed by atoms with Gasteiger partial charge in [0, 0.05) is 11.6 Å². The highest BCUT2D eigenvalue weighted by Crippen LogP contribution is 2.29. The summed E-state index contributed by atoms with van der Waals surface area (Å²) in [6.45, 7) is -0.453. The molecule has 0 aliphatic carbocycles. The first-order valence-corrected chi connectivity index (χ1v) is 9.98. The largest absolute Gasteiger partial charge is 0.468 e. The van der Waals surface area contributed by atoms with E-state index in [2.05, 4.69) is 5.32 Å². The van der Waals surface area contributed by atoms with E-state index in [-0.39, 0.29) is 10.7 Å². The quantitative estimate of drug-likeness (QED) is 0.643. The predicted octanol–water partition coefficient (Wildman–Crippen LogP) is 4.16. The van der Waals surface area contributed by atoms with Crippen molar-refractivity contribution in [3.63, 3.8) is 0 Å². The Morgan fingerprint density at radius 3 is 2.25 bits per heavy atom. The van der Waals surface area contributed by atoms with Gasteiger partial charge in [0.25, 0.3) is 5.91 Å². The summed E-state index contributed by atoms with van der Waals surface area (Å²) in [4.78, 5) is 12.2. The lowest BCUT2D eigenvalue weighted by molar-refractivity contribution is 0.0945. The summed E-state index contributed by atoms with van der Waals surface area (Å²) in [5.41, 5.74) is -0.787. The van der Waals surface area contributed by atoms with Crippen molar-refractivity contribution in [1.82, 2.24) is 5.32 Å². The fourth-order valence-electron chi connectivity index (χ4n) is 2.61. The molecule has 28 heavy (non-hydrogen) atoms. The molecule has 0 radical (unpaired) electrons. The summed E-state index contributed by atoms with van der Waals surface area (Å²) in [6.07, 6.45) is 1.29. The molecule has 0 aliphatic heterocycles. The molecule has 1 amide bonds. The lowest BCUT2D eigenvalue weighted by atomic mass is 10.2. The van der Waals surface area contributed by atoms with E-state index in [1.54, 1.807) is 0 Å². The van der Waals surface area contributed by atoms with E-state index < -0.39 is 44.7 Å². The zero-order valence-electron chi connectivity index (χ0n) is 14.2. The highest BCUT2D eigenvalue weighted by atomic mass is 35.5. The summed E-state index contributed by atoms with van der Waals surface area (Å²) in [7, 11) is -3.99. The van der Waals surface area contributed by atoms with Crippen LogP contribution in [0.3, 0.4) is 0 Å². The Balaban J connectivity index is 1.90. The van der Waals surface area contributed by atoms with Crippen molar-refractivity contribution in [1.29, 1.82) is 0 Å². The minimum Gasteiger partial charge on any atom is -0.468 e. The van der Waals surface area contributed by atoms with Crippen molar-refractivity contribution in [3.05, 3.63) is 88.8 Å². The summed E-state index contributed by atoms with van der Waals surface area (Å²) < 4.78 is 58.8. The van der Waals surface area contributed by atoms with Crippen LogP contribution in [0.4, 0.5) is 8.78 Å². The van der Waals surface area contributed by atoms with Gasteiger partial charge in [-0.15, -0.1) is 0 Å². The van der Waals surface area contributed by atoms with Crippen molar-refractivity contribution in [2.75, 3.05) is 6.54 Å². The van der Waals surface area contributed by atoms with Crippen molar-refractivity contribution >= 4 is 27.3 Å². The molecule has 0 fully saturated rings. The molecule has 2 aromatic carbocycles. The molecule has 3 rings (SSSR count). The second-order valence-electron chi connectivity index (χ2n) is 5.81. The molecule has 9 heteroatoms. The molecule has 0 unspecified atom stereocenters. The number of benzene rings is 2. The van der Waals surface area contributed by atoms with Gasteiger partial charge >= 0.3 is 0 Å². The fraction of sp³-hybridized carbons (Fsp3) is 0.105. The average molecular weight is 426 g/mol. The minimum absolute atomic E-state index is 0.0374. The number of hydrogen-bond donors (Lipinski definition) is 1. The molecular weight excluding hydrogens is 412 g/mol. The van der Waals surface area contributed by atoms with Crippen LogP contribution in [-0.4, -0.2) is 20.9 Å². The second kappa shape index (κ2) is 8.12. The highest BCUT2D eigenvalue weighted by Gasteiger charge is 2.32. The topological polar surface area (TPSA) is 76.4 Å². The van der Waals surface area contributed by atoms with Crippen LogP contribution in [0.25, 0.3) is 0 Å². The van der Waals surface area contributed by atoms with Crippen LogP contribution in [0, 0.1) is 11.6 Å². The van der Waals surface area contributed by atoms with Crippen LogP contribution >= 0.6 is 11.6 Å². The third-order valence-corrected chi connectivity index (χ3v) is 6.34. The minimum atomic E-state index is -3.99. The van der Waals surface area contributed by atoms with Crippen molar-refractivity contribution in [3.8, 4) is 0 Å². The number of nitrogens with one attached hydrogen (secondary N) is 1. The molecule has 0 aliphatic rings. The van der Waals surface area contributed by atoms with Crippen LogP contribution in [0.2, 0.25) is 5.02 Å². The van der Waals surface area contributed by atoms with Crippen LogP contribution in [0.15, 0.2) is 70.2 Å². The Morgan fingerprint density at radius 1 is 1.04 bits per heavy atom. The summed E-state index contributed by atoms with van der Waals surface area (Å²) in [6, 6.07) is 11.4. The number of furan rings is 1. The lowest BCUT2D eigenvalue weighted by Crippen LogP contribution is -2.32. The van der Waals surface area contributed by atoms with E-state index in [4.69, 9.17) is 16.0 Å². The second-order valence-corrected chi connectivity index (χ2v) is 8.38. The summed E-state index contributed by atoms with van der Waals surface area (Å²) in [5.74, 6) is -3.09. The number of hydrogen-bond acceptors (Lipinski definition) is 4. The molecule has 5 nitrogen and oxygen atoms in total. The zero-order valence-corrected chi connectivity index (χ0v) is 15.8. The standard InChI is InChI=1S/C19H14ClF2NO4S/c20-12-6-8-13(9-7-12)28(25,26)17(16-5-2-10-27-16)11-23-19(24)18-14(21)3-1-4-15(18)22/h1-10,17H,11H2,(H,23,24)/t17-/m1/s1. The molecule has 1 N–H and O–H groups in total. The molecule has 146 valence electrons. The number of halogens is 3. The van der Waals surface area contributed by atoms with Crippen LogP contribution < -0.4 is 5.32 Å². The Hall–Kier alpha value is -2.71. The predicted molar refractivity (Wildman–Crippen MR) is 98.8 cm³/mol. The van der Waals surface area contributed by atoms with Gasteiger partial charge < -0.3 is 9.73 Å². The number of rotatable bonds is 6. The molecule has 3 aromatic rings. The van der Waals surface area contributed by atoms with Crippen LogP contribution in [0.1, 0.15) is 21.4 Å². The first kappa shape index (κ1) is 20.0. The number of carbonyl (C=O) groups excluding carboxylic acids is 1. The van der Waals surface area contributed by atoms with Gasteiger partial charge in [-0.25, -0.2) is 17.2 Å². The van der Waals surface area contributed by atoms with Gasteiger partial charge in [-0.05, 0) is 48.5 Å². The first-order valence-electron chi connectivity index (χ1n) is 8.06. The lowest BCUT2D eigenvalue weighted by Gasteiger charge is -2.17. The van der Waals surface area contributed by atoms with Gasteiger partial charge in [0.05, 0.1) is 11.2 Å². The van der Waals surface area contributed by atoms with E-state index in [1.165, 1.54) is 42.7 Å². The maximum absolute atomic E-state index is 13.8. The van der Waals surface area contributed by atoms with Gasteiger partial charge in [0.15, 0.2) is 9.84 Å². The Bertz CT molecular complexity index is 1060. The van der Waals surface area contributed by atoms with Gasteiger partial charge in [-0.1, -0.05) is 17.7 Å². The number of amides is 1. The molecule has 0 saturated heterocycles. The Kier molecular flexibility index (Phi) is 5.81. The normalized spacial score (nSPS) is 12.5. The van der Waals surface area contributed by atoms with Gasteiger partial charge in [-0.3, -0.25) is 4.79 Å². The van der Waals surface area contributed by atoms with E-state index in [0.717, 1.165) is 18.2 Å². The Labute approximate surface area is 164 Å². The SMILES string of the molecule is O=C(NC[C@H](c1ccco1)S(=O)(=O)c1ccc(Cl)cc1)c1c(F)cccc1F. The zero-order chi connectivity index (χ0) is 20.3. The third kappa shape index (κ3) is 4.07. The summed E-state index contributed by atoms with van der Waals surface area (Å²) >= 11 is 5.80. The van der Waals surface area contributed by atoms with Crippen molar-refractivity contribution < 1.29 is 26.4 Å². The maximum Gasteiger partial charge on any atom is 0.257 e. The smallest absolute Gasteiger partial charge is 0.257 e.